The summed E-state index contributed by atoms with van der Waals surface area (Å²) in [5, 5.41) is 47.7. The fourth-order valence-electron chi connectivity index (χ4n) is 14.6. The molecular weight excluding hydrogens is 552 g/mol. The van der Waals surface area contributed by atoms with Crippen molar-refractivity contribution in [3.05, 3.63) is 23.3 Å². The molecule has 4 unspecified atom stereocenters. The highest BCUT2D eigenvalue weighted by atomic mass is 16.3. The zero-order valence-corrected chi connectivity index (χ0v) is 27.2. The molecule has 6 nitrogen and oxygen atoms in total. The molecule has 0 amide bonds. The lowest BCUT2D eigenvalue weighted by Gasteiger charge is -2.65. The number of fused-ring (bicyclic) bond motifs is 10. The summed E-state index contributed by atoms with van der Waals surface area (Å²) in [6.07, 6.45) is 11.9. The molecule has 4 N–H and O–H groups in total. The third-order valence-corrected chi connectivity index (χ3v) is 16.8. The fraction of sp³-hybridized carbons (Fsp3) is 0.842. The van der Waals surface area contributed by atoms with Gasteiger partial charge in [-0.15, -0.1) is 0 Å². The summed E-state index contributed by atoms with van der Waals surface area (Å²) < 4.78 is 0. The van der Waals surface area contributed by atoms with Gasteiger partial charge >= 0.3 is 0 Å². The highest BCUT2D eigenvalue weighted by Gasteiger charge is 2.73. The van der Waals surface area contributed by atoms with Crippen LogP contribution in [0, 0.1) is 63.1 Å². The predicted molar refractivity (Wildman–Crippen MR) is 166 cm³/mol. The number of ketones is 2. The molecule has 6 heteroatoms. The second-order valence-electron chi connectivity index (χ2n) is 17.9. The number of carbonyl (C=O) groups is 2. The Morgan fingerprint density at radius 1 is 0.727 bits per heavy atom. The summed E-state index contributed by atoms with van der Waals surface area (Å²) in [5.41, 5.74) is 0.0898. The van der Waals surface area contributed by atoms with Crippen molar-refractivity contribution in [2.75, 3.05) is 0 Å². The molecule has 0 heterocycles. The normalized spacial score (nSPS) is 58.1. The maximum Gasteiger partial charge on any atom is 0.156 e. The maximum absolute atomic E-state index is 13.5. The monoisotopic (exact) mass is 606 g/mol. The van der Waals surface area contributed by atoms with Crippen LogP contribution in [-0.4, -0.2) is 55.9 Å². The molecule has 242 valence electrons. The van der Waals surface area contributed by atoms with Gasteiger partial charge in [-0.25, -0.2) is 0 Å². The van der Waals surface area contributed by atoms with E-state index in [1.807, 2.05) is 12.2 Å². The van der Waals surface area contributed by atoms with E-state index in [2.05, 4.69) is 27.7 Å². The van der Waals surface area contributed by atoms with Gasteiger partial charge in [0.2, 0.25) is 0 Å². The maximum atomic E-state index is 13.5. The van der Waals surface area contributed by atoms with Gasteiger partial charge < -0.3 is 20.4 Å². The Morgan fingerprint density at radius 3 is 2.14 bits per heavy atom. The van der Waals surface area contributed by atoms with Crippen LogP contribution >= 0.6 is 0 Å². The van der Waals surface area contributed by atoms with E-state index in [1.54, 1.807) is 0 Å². The van der Waals surface area contributed by atoms with E-state index < -0.39 is 34.7 Å². The number of allylic oxidation sites excluding steroid dienone is 2. The molecule has 0 bridgehead atoms. The van der Waals surface area contributed by atoms with Crippen molar-refractivity contribution >= 4 is 11.6 Å². The lowest BCUT2D eigenvalue weighted by molar-refractivity contribution is -0.199. The van der Waals surface area contributed by atoms with Gasteiger partial charge in [-0.2, -0.15) is 0 Å². The summed E-state index contributed by atoms with van der Waals surface area (Å²) >= 11 is 0. The molecule has 44 heavy (non-hydrogen) atoms. The van der Waals surface area contributed by atoms with Crippen molar-refractivity contribution in [2.45, 2.75) is 135 Å². The molecule has 0 spiro atoms. The molecule has 8 rings (SSSR count). The SMILES string of the molecule is C[C@]12CC[C@H]3[C@@H](CCC4=CC(=O)CC(C5(O)CC(O)[C@H]6[C@@H]7CCC8=CC(=O)CC[C@]8(C)[C@@H]7CC[C@@]65C)[C@@]43C)[C@@H]1C(O)C[C@@H]2O. The highest BCUT2D eigenvalue weighted by molar-refractivity contribution is 5.92. The second-order valence-corrected chi connectivity index (χ2v) is 17.9. The Bertz CT molecular complexity index is 1350. The molecule has 0 aromatic carbocycles. The largest absolute Gasteiger partial charge is 0.393 e. The standard InChI is InChI=1S/C38H54O6/c1-34-12-9-22(39)15-20(34)5-7-24-26(34)11-14-36(3)33(24)29(42)19-38(36,44)30-17-23(40)16-21-6-8-25-27(37(21,30)4)10-13-35(2)31(43)18-28(41)32(25)35/h15-16,24-33,41-44H,5-14,17-19H2,1-4H3/t24-,25-,26-,27+,28?,29?,30?,31+,32-,33-,34+,35-,36+,37+,38?/m1/s1. The first-order valence-electron chi connectivity index (χ1n) is 17.9. The third-order valence-electron chi connectivity index (χ3n) is 16.8. The van der Waals surface area contributed by atoms with Crippen LogP contribution in [0.15, 0.2) is 23.3 Å². The van der Waals surface area contributed by atoms with Gasteiger partial charge in [0.25, 0.3) is 0 Å². The minimum Gasteiger partial charge on any atom is -0.393 e. The Hall–Kier alpha value is -1.34. The van der Waals surface area contributed by atoms with E-state index in [0.29, 0.717) is 37.5 Å². The van der Waals surface area contributed by atoms with Crippen LogP contribution in [0.5, 0.6) is 0 Å². The number of aliphatic hydroxyl groups excluding tert-OH is 3. The van der Waals surface area contributed by atoms with Crippen molar-refractivity contribution in [1.82, 2.24) is 0 Å². The topological polar surface area (TPSA) is 115 Å². The zero-order valence-electron chi connectivity index (χ0n) is 27.2. The Kier molecular flexibility index (Phi) is 6.40. The Labute approximate surface area is 262 Å². The summed E-state index contributed by atoms with van der Waals surface area (Å²) in [6.45, 7) is 9.08. The number of aliphatic hydroxyl groups is 4. The molecule has 8 aliphatic carbocycles. The lowest BCUT2D eigenvalue weighted by atomic mass is 9.40. The van der Waals surface area contributed by atoms with E-state index in [1.165, 1.54) is 11.1 Å². The first-order valence-corrected chi connectivity index (χ1v) is 17.9. The first-order chi connectivity index (χ1) is 20.7. The molecular formula is C38H54O6. The number of hydrogen-bond acceptors (Lipinski definition) is 6. The van der Waals surface area contributed by atoms with Crippen LogP contribution in [0.25, 0.3) is 0 Å². The summed E-state index contributed by atoms with van der Waals surface area (Å²) in [4.78, 5) is 25.8. The zero-order chi connectivity index (χ0) is 31.2. The highest BCUT2D eigenvalue weighted by Crippen LogP contribution is 2.74. The molecule has 0 radical (unpaired) electrons. The van der Waals surface area contributed by atoms with Gasteiger partial charge in [0.1, 0.15) is 0 Å². The van der Waals surface area contributed by atoms with Crippen LogP contribution in [0.1, 0.15) is 111 Å². The minimum absolute atomic E-state index is 0.0146. The van der Waals surface area contributed by atoms with Crippen LogP contribution < -0.4 is 0 Å². The lowest BCUT2D eigenvalue weighted by Crippen LogP contribution is -2.64. The van der Waals surface area contributed by atoms with E-state index in [-0.39, 0.29) is 52.0 Å². The van der Waals surface area contributed by atoms with Crippen molar-refractivity contribution < 1.29 is 30.0 Å². The summed E-state index contributed by atoms with van der Waals surface area (Å²) in [6, 6.07) is 0. The Morgan fingerprint density at radius 2 is 1.39 bits per heavy atom. The molecule has 0 aromatic heterocycles. The average Bonchev–Trinajstić information content (AvgIpc) is 3.33. The number of carbonyl (C=O) groups excluding carboxylic acids is 2. The molecule has 0 aromatic rings. The van der Waals surface area contributed by atoms with Crippen molar-refractivity contribution in [3.8, 4) is 0 Å². The van der Waals surface area contributed by atoms with E-state index in [9.17, 15) is 30.0 Å². The minimum atomic E-state index is -1.18. The molecule has 6 saturated carbocycles. The van der Waals surface area contributed by atoms with Crippen LogP contribution in [0.2, 0.25) is 0 Å². The fourth-order valence-corrected chi connectivity index (χ4v) is 14.6. The average molecular weight is 607 g/mol. The molecule has 0 saturated heterocycles. The van der Waals surface area contributed by atoms with Gasteiger partial charge in [0.05, 0.1) is 23.9 Å². The quantitative estimate of drug-likeness (QED) is 0.322. The molecule has 0 aliphatic heterocycles. The van der Waals surface area contributed by atoms with Gasteiger partial charge in [0.15, 0.2) is 11.6 Å². The van der Waals surface area contributed by atoms with Crippen molar-refractivity contribution in [1.29, 1.82) is 0 Å². The number of rotatable bonds is 1. The smallest absolute Gasteiger partial charge is 0.156 e. The first kappa shape index (κ1) is 30.0. The Balaban J connectivity index is 1.18. The van der Waals surface area contributed by atoms with Gasteiger partial charge in [0, 0.05) is 37.0 Å². The van der Waals surface area contributed by atoms with Gasteiger partial charge in [-0.1, -0.05) is 38.8 Å². The molecule has 8 aliphatic rings. The van der Waals surface area contributed by atoms with Crippen LogP contribution in [0.4, 0.5) is 0 Å². The summed E-state index contributed by atoms with van der Waals surface area (Å²) in [7, 11) is 0. The van der Waals surface area contributed by atoms with E-state index in [4.69, 9.17) is 0 Å². The van der Waals surface area contributed by atoms with Crippen molar-refractivity contribution in [2.24, 2.45) is 63.1 Å². The predicted octanol–water partition coefficient (Wildman–Crippen LogP) is 5.31. The second kappa shape index (κ2) is 9.39. The molecule has 15 atom stereocenters. The summed E-state index contributed by atoms with van der Waals surface area (Å²) in [5.74, 6) is 1.22. The van der Waals surface area contributed by atoms with Gasteiger partial charge in [-0.05, 0) is 122 Å². The third kappa shape index (κ3) is 3.53. The van der Waals surface area contributed by atoms with Crippen molar-refractivity contribution in [3.63, 3.8) is 0 Å². The van der Waals surface area contributed by atoms with Crippen LogP contribution in [0.3, 0.4) is 0 Å². The molecule has 6 fully saturated rings. The number of hydrogen-bond donors (Lipinski definition) is 4. The van der Waals surface area contributed by atoms with Crippen LogP contribution in [-0.2, 0) is 9.59 Å². The van der Waals surface area contributed by atoms with E-state index >= 15 is 0 Å². The van der Waals surface area contributed by atoms with E-state index in [0.717, 1.165) is 57.8 Å². The van der Waals surface area contributed by atoms with Gasteiger partial charge in [-0.3, -0.25) is 9.59 Å².